The zero-order chi connectivity index (χ0) is 20.9. The number of carbonyl (C=O) groups excluding carboxylic acids is 1. The van der Waals surface area contributed by atoms with Gasteiger partial charge in [-0.1, -0.05) is 12.1 Å². The number of esters is 1. The van der Waals surface area contributed by atoms with Crippen molar-refractivity contribution >= 4 is 11.7 Å². The Morgan fingerprint density at radius 1 is 1.18 bits per heavy atom. The summed E-state index contributed by atoms with van der Waals surface area (Å²) in [7, 11) is 1.28. The van der Waals surface area contributed by atoms with Gasteiger partial charge in [0.15, 0.2) is 11.5 Å². The third kappa shape index (κ3) is 4.90. The maximum atomic E-state index is 12.8. The highest BCUT2D eigenvalue weighted by molar-refractivity contribution is 5.95. The third-order valence-electron chi connectivity index (χ3n) is 3.62. The number of rotatable bonds is 7. The van der Waals surface area contributed by atoms with Gasteiger partial charge in [0.25, 0.3) is 5.69 Å². The molecule has 0 aliphatic rings. The maximum Gasteiger partial charge on any atom is 0.416 e. The lowest BCUT2D eigenvalue weighted by molar-refractivity contribution is -0.385. The standard InChI is InChI=1S/C18H16F3NO6/c1-3-27-16-8-13(14(22(24)25)9-15(16)26-2)17(23)28-10-11-5-4-6-12(7-11)18(19,20)21/h4-9H,3,10H2,1-2H3. The molecule has 7 nitrogen and oxygen atoms in total. The molecule has 0 fully saturated rings. The number of carbonyl (C=O) groups is 1. The van der Waals surface area contributed by atoms with E-state index < -0.39 is 40.5 Å². The molecule has 28 heavy (non-hydrogen) atoms. The minimum Gasteiger partial charge on any atom is -0.493 e. The Labute approximate surface area is 157 Å². The number of hydrogen-bond donors (Lipinski definition) is 0. The summed E-state index contributed by atoms with van der Waals surface area (Å²) < 4.78 is 53.5. The molecule has 0 spiro atoms. The van der Waals surface area contributed by atoms with E-state index in [1.165, 1.54) is 19.2 Å². The first-order valence-electron chi connectivity index (χ1n) is 7.99. The average Bonchev–Trinajstić information content (AvgIpc) is 2.65. The average molecular weight is 399 g/mol. The van der Waals surface area contributed by atoms with E-state index in [0.29, 0.717) is 0 Å². The number of hydrogen-bond acceptors (Lipinski definition) is 6. The molecule has 0 radical (unpaired) electrons. The highest BCUT2D eigenvalue weighted by Gasteiger charge is 2.30. The van der Waals surface area contributed by atoms with Crippen molar-refractivity contribution in [2.75, 3.05) is 13.7 Å². The second kappa shape index (κ2) is 8.59. The van der Waals surface area contributed by atoms with Gasteiger partial charge in [0.1, 0.15) is 12.2 Å². The van der Waals surface area contributed by atoms with Gasteiger partial charge in [0.05, 0.1) is 30.3 Å². The Morgan fingerprint density at radius 3 is 2.46 bits per heavy atom. The lowest BCUT2D eigenvalue weighted by Crippen LogP contribution is -2.10. The lowest BCUT2D eigenvalue weighted by atomic mass is 10.1. The molecule has 2 aromatic carbocycles. The minimum atomic E-state index is -4.54. The summed E-state index contributed by atoms with van der Waals surface area (Å²) in [5, 5.41) is 11.3. The number of nitro groups is 1. The summed E-state index contributed by atoms with van der Waals surface area (Å²) in [6.45, 7) is 1.40. The van der Waals surface area contributed by atoms with Crippen LogP contribution in [0.2, 0.25) is 0 Å². The van der Waals surface area contributed by atoms with Crippen LogP contribution in [0.15, 0.2) is 36.4 Å². The number of halogens is 3. The zero-order valence-corrected chi connectivity index (χ0v) is 14.9. The minimum absolute atomic E-state index is 0.0583. The van der Waals surface area contributed by atoms with Crippen LogP contribution < -0.4 is 9.47 Å². The summed E-state index contributed by atoms with van der Waals surface area (Å²) in [6.07, 6.45) is -4.54. The van der Waals surface area contributed by atoms with Crippen molar-refractivity contribution in [3.8, 4) is 11.5 Å². The molecular weight excluding hydrogens is 383 g/mol. The topological polar surface area (TPSA) is 87.9 Å². The quantitative estimate of drug-likeness (QED) is 0.390. The molecule has 0 saturated heterocycles. The van der Waals surface area contributed by atoms with Gasteiger partial charge in [-0.05, 0) is 24.6 Å². The van der Waals surface area contributed by atoms with E-state index >= 15 is 0 Å². The number of alkyl halides is 3. The molecule has 2 rings (SSSR count). The summed E-state index contributed by atoms with van der Waals surface area (Å²) in [5.41, 5.74) is -1.78. The molecule has 0 aliphatic carbocycles. The van der Waals surface area contributed by atoms with Gasteiger partial charge < -0.3 is 14.2 Å². The molecule has 0 aliphatic heterocycles. The molecule has 0 bridgehead atoms. The fourth-order valence-corrected chi connectivity index (χ4v) is 2.36. The summed E-state index contributed by atoms with van der Waals surface area (Å²) >= 11 is 0. The third-order valence-corrected chi connectivity index (χ3v) is 3.62. The van der Waals surface area contributed by atoms with Gasteiger partial charge in [-0.2, -0.15) is 13.2 Å². The number of ether oxygens (including phenoxy) is 3. The lowest BCUT2D eigenvalue weighted by Gasteiger charge is -2.12. The number of benzene rings is 2. The van der Waals surface area contributed by atoms with E-state index in [0.717, 1.165) is 24.3 Å². The van der Waals surface area contributed by atoms with Gasteiger partial charge in [-0.3, -0.25) is 10.1 Å². The number of nitrogens with zero attached hydrogens (tertiary/aromatic N) is 1. The number of nitro benzene ring substituents is 1. The Hall–Kier alpha value is -3.30. The Bertz CT molecular complexity index is 882. The van der Waals surface area contributed by atoms with Crippen LogP contribution in [-0.2, 0) is 17.5 Å². The maximum absolute atomic E-state index is 12.8. The summed E-state index contributed by atoms with van der Waals surface area (Å²) in [4.78, 5) is 22.8. The van der Waals surface area contributed by atoms with Gasteiger partial charge in [0.2, 0.25) is 0 Å². The highest BCUT2D eigenvalue weighted by Crippen LogP contribution is 2.35. The number of methoxy groups -OCH3 is 1. The van der Waals surface area contributed by atoms with E-state index in [-0.39, 0.29) is 23.7 Å². The molecule has 0 saturated carbocycles. The van der Waals surface area contributed by atoms with E-state index in [2.05, 4.69) is 0 Å². The fourth-order valence-electron chi connectivity index (χ4n) is 2.36. The molecule has 0 amide bonds. The van der Waals surface area contributed by atoms with Crippen LogP contribution in [0.4, 0.5) is 18.9 Å². The molecule has 0 heterocycles. The molecule has 2 aromatic rings. The van der Waals surface area contributed by atoms with Crippen LogP contribution in [0, 0.1) is 10.1 Å². The molecule has 0 atom stereocenters. The van der Waals surface area contributed by atoms with Crippen molar-refractivity contribution in [3.63, 3.8) is 0 Å². The predicted octanol–water partition coefficient (Wildman–Crippen LogP) is 4.38. The second-order valence-corrected chi connectivity index (χ2v) is 5.48. The van der Waals surface area contributed by atoms with Gasteiger partial charge >= 0.3 is 12.1 Å². The molecule has 0 N–H and O–H groups in total. The first kappa shape index (κ1) is 21.0. The summed E-state index contributed by atoms with van der Waals surface area (Å²) in [6, 6.07) is 6.36. The SMILES string of the molecule is CCOc1cc(C(=O)OCc2cccc(C(F)(F)F)c2)c([N+](=O)[O-])cc1OC. The van der Waals surface area contributed by atoms with Gasteiger partial charge in [-0.25, -0.2) is 4.79 Å². The van der Waals surface area contributed by atoms with Crippen LogP contribution in [-0.4, -0.2) is 24.6 Å². The van der Waals surface area contributed by atoms with Crippen molar-refractivity contribution in [2.24, 2.45) is 0 Å². The second-order valence-electron chi connectivity index (χ2n) is 5.48. The van der Waals surface area contributed by atoms with Crippen LogP contribution in [0.1, 0.15) is 28.4 Å². The van der Waals surface area contributed by atoms with Crippen LogP contribution in [0.5, 0.6) is 11.5 Å². The first-order valence-corrected chi connectivity index (χ1v) is 7.99. The summed E-state index contributed by atoms with van der Waals surface area (Å²) in [5.74, 6) is -0.919. The van der Waals surface area contributed by atoms with E-state index in [1.807, 2.05) is 0 Å². The first-order chi connectivity index (χ1) is 13.2. The van der Waals surface area contributed by atoms with Gasteiger partial charge in [-0.15, -0.1) is 0 Å². The van der Waals surface area contributed by atoms with Gasteiger partial charge in [0, 0.05) is 6.07 Å². The van der Waals surface area contributed by atoms with E-state index in [1.54, 1.807) is 6.92 Å². The Balaban J connectivity index is 2.28. The Kier molecular flexibility index (Phi) is 6.45. The van der Waals surface area contributed by atoms with Crippen molar-refractivity contribution < 1.29 is 37.1 Å². The predicted molar refractivity (Wildman–Crippen MR) is 91.4 cm³/mol. The molecule has 150 valence electrons. The normalized spacial score (nSPS) is 11.0. The van der Waals surface area contributed by atoms with E-state index in [9.17, 15) is 28.1 Å². The molecule has 0 unspecified atom stereocenters. The van der Waals surface area contributed by atoms with Crippen LogP contribution in [0.25, 0.3) is 0 Å². The zero-order valence-electron chi connectivity index (χ0n) is 14.9. The Morgan fingerprint density at radius 2 is 1.89 bits per heavy atom. The molecule has 0 aromatic heterocycles. The van der Waals surface area contributed by atoms with Crippen molar-refractivity contribution in [2.45, 2.75) is 19.7 Å². The van der Waals surface area contributed by atoms with Crippen molar-refractivity contribution in [3.05, 3.63) is 63.2 Å². The smallest absolute Gasteiger partial charge is 0.416 e. The van der Waals surface area contributed by atoms with E-state index in [4.69, 9.17) is 14.2 Å². The fraction of sp³-hybridized carbons (Fsp3) is 0.278. The molecular formula is C18H16F3NO6. The van der Waals surface area contributed by atoms with Crippen molar-refractivity contribution in [1.82, 2.24) is 0 Å². The highest BCUT2D eigenvalue weighted by atomic mass is 19.4. The molecule has 10 heteroatoms. The van der Waals surface area contributed by atoms with Crippen LogP contribution >= 0.6 is 0 Å². The monoisotopic (exact) mass is 399 g/mol. The van der Waals surface area contributed by atoms with Crippen LogP contribution in [0.3, 0.4) is 0 Å². The van der Waals surface area contributed by atoms with Crippen molar-refractivity contribution in [1.29, 1.82) is 0 Å². The largest absolute Gasteiger partial charge is 0.493 e.